The molecule has 0 saturated carbocycles. The molecular formula is C11H14OS. The fraction of sp³-hybridized carbons (Fsp3) is 0.364. The molecule has 0 aliphatic heterocycles. The van der Waals surface area contributed by atoms with Crippen LogP contribution < -0.4 is 0 Å². The Labute approximate surface area is 83.5 Å². The zero-order chi connectivity index (χ0) is 9.68. The number of hydrogen-bond acceptors (Lipinski definition) is 2. The molecule has 13 heavy (non-hydrogen) atoms. The lowest BCUT2D eigenvalue weighted by Crippen LogP contribution is -1.84. The molecule has 2 heteroatoms. The van der Waals surface area contributed by atoms with Gasteiger partial charge in [0.25, 0.3) is 0 Å². The molecule has 0 amide bonds. The third-order valence-electron chi connectivity index (χ3n) is 1.72. The van der Waals surface area contributed by atoms with E-state index >= 15 is 0 Å². The van der Waals surface area contributed by atoms with Crippen LogP contribution in [-0.2, 0) is 11.2 Å². The summed E-state index contributed by atoms with van der Waals surface area (Å²) in [4.78, 5) is 11.8. The third-order valence-corrected chi connectivity index (χ3v) is 2.52. The fourth-order valence-corrected chi connectivity index (χ4v) is 1.78. The van der Waals surface area contributed by atoms with Crippen molar-refractivity contribution in [1.82, 2.24) is 0 Å². The van der Waals surface area contributed by atoms with Crippen molar-refractivity contribution in [3.63, 3.8) is 0 Å². The summed E-state index contributed by atoms with van der Waals surface area (Å²) in [6.07, 6.45) is 2.28. The van der Waals surface area contributed by atoms with E-state index in [4.69, 9.17) is 0 Å². The van der Waals surface area contributed by atoms with E-state index in [-0.39, 0.29) is 5.12 Å². The van der Waals surface area contributed by atoms with Crippen LogP contribution in [0, 0.1) is 0 Å². The van der Waals surface area contributed by atoms with E-state index in [1.807, 2.05) is 12.1 Å². The predicted molar refractivity (Wildman–Crippen MR) is 57.0 cm³/mol. The van der Waals surface area contributed by atoms with Crippen LogP contribution in [0.25, 0.3) is 0 Å². The van der Waals surface area contributed by atoms with Crippen LogP contribution in [0.3, 0.4) is 0 Å². The Morgan fingerprint density at radius 1 is 1.31 bits per heavy atom. The summed E-state index contributed by atoms with van der Waals surface area (Å²) >= 11 is 1.29. The zero-order valence-corrected chi connectivity index (χ0v) is 8.86. The van der Waals surface area contributed by atoms with Gasteiger partial charge in [-0.15, -0.1) is 0 Å². The van der Waals surface area contributed by atoms with E-state index in [0.29, 0.717) is 0 Å². The van der Waals surface area contributed by atoms with Crippen LogP contribution >= 0.6 is 11.8 Å². The summed E-state index contributed by atoms with van der Waals surface area (Å²) < 4.78 is 0. The van der Waals surface area contributed by atoms with Crippen molar-refractivity contribution in [1.29, 1.82) is 0 Å². The van der Waals surface area contributed by atoms with Crippen LogP contribution in [0.4, 0.5) is 0 Å². The lowest BCUT2D eigenvalue weighted by molar-refractivity contribution is -0.109. The minimum atomic E-state index is 0.142. The van der Waals surface area contributed by atoms with Crippen molar-refractivity contribution in [3.8, 4) is 0 Å². The smallest absolute Gasteiger partial charge is 0.190 e. The number of aryl methyl sites for hydroxylation is 1. The van der Waals surface area contributed by atoms with Crippen molar-refractivity contribution in [2.75, 3.05) is 0 Å². The van der Waals surface area contributed by atoms with Crippen LogP contribution in [0.1, 0.15) is 25.8 Å². The van der Waals surface area contributed by atoms with Crippen LogP contribution in [0.2, 0.25) is 0 Å². The molecule has 0 radical (unpaired) electrons. The molecule has 1 aromatic carbocycles. The van der Waals surface area contributed by atoms with Gasteiger partial charge >= 0.3 is 0 Å². The maximum Gasteiger partial charge on any atom is 0.190 e. The summed E-state index contributed by atoms with van der Waals surface area (Å²) in [6, 6.07) is 8.21. The molecule has 1 nitrogen and oxygen atoms in total. The van der Waals surface area contributed by atoms with Gasteiger partial charge in [0.05, 0.1) is 0 Å². The van der Waals surface area contributed by atoms with E-state index in [0.717, 1.165) is 11.3 Å². The molecule has 0 atom stereocenters. The number of rotatable bonds is 3. The van der Waals surface area contributed by atoms with Crippen molar-refractivity contribution >= 4 is 16.9 Å². The Kier molecular flexibility index (Phi) is 4.03. The molecule has 0 unspecified atom stereocenters. The first-order valence-corrected chi connectivity index (χ1v) is 5.31. The highest BCUT2D eigenvalue weighted by Gasteiger charge is 1.97. The second kappa shape index (κ2) is 5.07. The monoisotopic (exact) mass is 194 g/mol. The van der Waals surface area contributed by atoms with Gasteiger partial charge in [0, 0.05) is 11.8 Å². The lowest BCUT2D eigenvalue weighted by Gasteiger charge is -2.00. The Bertz CT molecular complexity index is 277. The Morgan fingerprint density at radius 2 is 1.92 bits per heavy atom. The van der Waals surface area contributed by atoms with Gasteiger partial charge in [-0.1, -0.05) is 37.2 Å². The minimum Gasteiger partial charge on any atom is -0.287 e. The Balaban J connectivity index is 2.64. The van der Waals surface area contributed by atoms with E-state index in [9.17, 15) is 4.79 Å². The minimum absolute atomic E-state index is 0.142. The van der Waals surface area contributed by atoms with Gasteiger partial charge in [0.2, 0.25) is 0 Å². The molecule has 0 saturated heterocycles. The topological polar surface area (TPSA) is 17.1 Å². The summed E-state index contributed by atoms with van der Waals surface area (Å²) in [7, 11) is 0. The standard InChI is InChI=1S/C11H14OS/c1-3-4-10-5-7-11(8-6-10)13-9(2)12/h5-8H,3-4H2,1-2H3. The SMILES string of the molecule is CCCc1ccc(SC(C)=O)cc1. The zero-order valence-electron chi connectivity index (χ0n) is 8.04. The van der Waals surface area contributed by atoms with Gasteiger partial charge in [0.1, 0.15) is 0 Å². The molecule has 1 rings (SSSR count). The first-order chi connectivity index (χ1) is 6.22. The second-order valence-electron chi connectivity index (χ2n) is 2.99. The fourth-order valence-electron chi connectivity index (χ4n) is 1.18. The van der Waals surface area contributed by atoms with Crippen LogP contribution in [0.5, 0.6) is 0 Å². The predicted octanol–water partition coefficient (Wildman–Crippen LogP) is 3.28. The summed E-state index contributed by atoms with van der Waals surface area (Å²) in [6.45, 7) is 3.75. The lowest BCUT2D eigenvalue weighted by atomic mass is 10.1. The normalized spacial score (nSPS) is 10.0. The Morgan fingerprint density at radius 3 is 2.38 bits per heavy atom. The number of hydrogen-bond donors (Lipinski definition) is 0. The second-order valence-corrected chi connectivity index (χ2v) is 4.24. The van der Waals surface area contributed by atoms with E-state index in [1.165, 1.54) is 23.7 Å². The molecular weight excluding hydrogens is 180 g/mol. The molecule has 0 aromatic heterocycles. The molecule has 0 bridgehead atoms. The maximum atomic E-state index is 10.8. The molecule has 70 valence electrons. The van der Waals surface area contributed by atoms with Crippen molar-refractivity contribution < 1.29 is 4.79 Å². The molecule has 0 aliphatic rings. The number of carbonyl (C=O) groups is 1. The molecule has 0 fully saturated rings. The number of benzene rings is 1. The van der Waals surface area contributed by atoms with Gasteiger partial charge in [-0.25, -0.2) is 0 Å². The van der Waals surface area contributed by atoms with Gasteiger partial charge in [-0.2, -0.15) is 0 Å². The molecule has 0 aliphatic carbocycles. The highest BCUT2D eigenvalue weighted by molar-refractivity contribution is 8.13. The number of carbonyl (C=O) groups excluding carboxylic acids is 1. The molecule has 0 N–H and O–H groups in total. The van der Waals surface area contributed by atoms with Crippen molar-refractivity contribution in [3.05, 3.63) is 29.8 Å². The first-order valence-electron chi connectivity index (χ1n) is 4.49. The largest absolute Gasteiger partial charge is 0.287 e. The van der Waals surface area contributed by atoms with E-state index < -0.39 is 0 Å². The quantitative estimate of drug-likeness (QED) is 0.687. The average molecular weight is 194 g/mol. The van der Waals surface area contributed by atoms with Gasteiger partial charge < -0.3 is 0 Å². The Hall–Kier alpha value is -0.760. The van der Waals surface area contributed by atoms with E-state index in [2.05, 4.69) is 19.1 Å². The van der Waals surface area contributed by atoms with E-state index in [1.54, 1.807) is 6.92 Å². The van der Waals surface area contributed by atoms with Crippen molar-refractivity contribution in [2.45, 2.75) is 31.6 Å². The molecule has 1 aromatic rings. The third kappa shape index (κ3) is 3.64. The van der Waals surface area contributed by atoms with Gasteiger partial charge in [-0.05, 0) is 24.1 Å². The van der Waals surface area contributed by atoms with Crippen molar-refractivity contribution in [2.24, 2.45) is 0 Å². The summed E-state index contributed by atoms with van der Waals surface area (Å²) in [5.74, 6) is 0. The van der Waals surface area contributed by atoms with Crippen LogP contribution in [0.15, 0.2) is 29.2 Å². The molecule has 0 spiro atoms. The maximum absolute atomic E-state index is 10.8. The number of thioether (sulfide) groups is 1. The highest BCUT2D eigenvalue weighted by atomic mass is 32.2. The first kappa shape index (κ1) is 10.3. The molecule has 0 heterocycles. The highest BCUT2D eigenvalue weighted by Crippen LogP contribution is 2.19. The van der Waals surface area contributed by atoms with Crippen LogP contribution in [-0.4, -0.2) is 5.12 Å². The summed E-state index contributed by atoms with van der Waals surface area (Å²) in [5.41, 5.74) is 1.34. The average Bonchev–Trinajstić information content (AvgIpc) is 2.08. The summed E-state index contributed by atoms with van der Waals surface area (Å²) in [5, 5.41) is 0.142. The van der Waals surface area contributed by atoms with Gasteiger partial charge in [-0.3, -0.25) is 4.79 Å². The van der Waals surface area contributed by atoms with Gasteiger partial charge in [0.15, 0.2) is 5.12 Å².